The van der Waals surface area contributed by atoms with Crippen LogP contribution >= 0.6 is 23.4 Å². The number of fused-ring (bicyclic) bond motifs is 1. The number of nitrogens with zero attached hydrogens (tertiary/aromatic N) is 5. The molecule has 5 rings (SSSR count). The summed E-state index contributed by atoms with van der Waals surface area (Å²) in [6.45, 7) is 4.65. The van der Waals surface area contributed by atoms with Crippen LogP contribution < -0.4 is 0 Å². The number of aliphatic imine (C=N–C) groups is 1. The molecule has 3 aromatic rings. The van der Waals surface area contributed by atoms with E-state index in [1.54, 1.807) is 18.1 Å². The van der Waals surface area contributed by atoms with Gasteiger partial charge in [-0.25, -0.2) is 9.97 Å². The Morgan fingerprint density at radius 3 is 2.84 bits per heavy atom. The van der Waals surface area contributed by atoms with Gasteiger partial charge in [0.2, 0.25) is 5.91 Å². The predicted octanol–water partition coefficient (Wildman–Crippen LogP) is 4.89. The molecule has 0 saturated carbocycles. The zero-order valence-corrected chi connectivity index (χ0v) is 19.8. The highest BCUT2D eigenvalue weighted by Crippen LogP contribution is 2.41. The van der Waals surface area contributed by atoms with Crippen LogP contribution in [0, 0.1) is 6.92 Å². The number of imidazole rings is 1. The van der Waals surface area contributed by atoms with Gasteiger partial charge >= 0.3 is 0 Å². The molecule has 166 valence electrons. The van der Waals surface area contributed by atoms with Crippen molar-refractivity contribution >= 4 is 40.0 Å². The molecule has 2 aromatic heterocycles. The number of halogens is 1. The van der Waals surface area contributed by atoms with Gasteiger partial charge < -0.3 is 4.90 Å². The first-order valence-corrected chi connectivity index (χ1v) is 12.3. The van der Waals surface area contributed by atoms with Crippen molar-refractivity contribution in [1.29, 1.82) is 0 Å². The maximum absolute atomic E-state index is 13.7. The predicted molar refractivity (Wildman–Crippen MR) is 129 cm³/mol. The fourth-order valence-electron chi connectivity index (χ4n) is 4.69. The van der Waals surface area contributed by atoms with Crippen molar-refractivity contribution in [3.8, 4) is 0 Å². The summed E-state index contributed by atoms with van der Waals surface area (Å²) in [6, 6.07) is 10.00. The summed E-state index contributed by atoms with van der Waals surface area (Å²) < 4.78 is 1.87. The number of carbonyl (C=O) groups is 1. The Morgan fingerprint density at radius 1 is 1.22 bits per heavy atom. The number of carbonyl (C=O) groups excluding carboxylic acids is 1. The van der Waals surface area contributed by atoms with Crippen LogP contribution in [0.3, 0.4) is 0 Å². The molecule has 1 saturated heterocycles. The van der Waals surface area contributed by atoms with E-state index in [-0.39, 0.29) is 23.2 Å². The van der Waals surface area contributed by atoms with Gasteiger partial charge in [0.1, 0.15) is 17.4 Å². The number of thioether (sulfide) groups is 1. The van der Waals surface area contributed by atoms with Crippen LogP contribution in [0.5, 0.6) is 0 Å². The van der Waals surface area contributed by atoms with Gasteiger partial charge in [0.05, 0.1) is 21.7 Å². The molecular weight excluding hydrogens is 442 g/mol. The van der Waals surface area contributed by atoms with Crippen molar-refractivity contribution < 1.29 is 4.79 Å². The molecule has 3 atom stereocenters. The van der Waals surface area contributed by atoms with Crippen molar-refractivity contribution in [2.75, 3.05) is 6.54 Å². The average Bonchev–Trinajstić information content (AvgIpc) is 3.40. The third kappa shape index (κ3) is 4.04. The van der Waals surface area contributed by atoms with Crippen molar-refractivity contribution in [2.45, 2.75) is 56.9 Å². The lowest BCUT2D eigenvalue weighted by Gasteiger charge is -2.37. The standard InChI is InChI=1S/C24H26ClN5OS/c1-15-20(25)23-28-18(13-29(23)14-26-15)12-19-10-6-7-11-30(19)24(31)21-22(32-16(2)27-21)17-8-4-3-5-9-17/h3-5,8-9,13-14,19,21-22H,6-7,10-12H2,1-2H3/t19-,21?,22?/m0/s1. The van der Waals surface area contributed by atoms with Gasteiger partial charge in [0, 0.05) is 25.2 Å². The molecule has 32 heavy (non-hydrogen) atoms. The van der Waals surface area contributed by atoms with Crippen LogP contribution in [-0.4, -0.2) is 48.8 Å². The fraction of sp³-hybridized carbons (Fsp3) is 0.417. The summed E-state index contributed by atoms with van der Waals surface area (Å²) in [4.78, 5) is 29.6. The number of hydrogen-bond acceptors (Lipinski definition) is 5. The number of rotatable bonds is 4. The van der Waals surface area contributed by atoms with Gasteiger partial charge in [0.25, 0.3) is 0 Å². The third-order valence-electron chi connectivity index (χ3n) is 6.31. The Morgan fingerprint density at radius 2 is 2.03 bits per heavy atom. The second-order valence-corrected chi connectivity index (χ2v) is 10.2. The van der Waals surface area contributed by atoms with E-state index in [0.29, 0.717) is 11.4 Å². The first-order chi connectivity index (χ1) is 15.5. The molecule has 6 nitrogen and oxygen atoms in total. The number of aryl methyl sites for hydroxylation is 1. The largest absolute Gasteiger partial charge is 0.337 e. The summed E-state index contributed by atoms with van der Waals surface area (Å²) in [5, 5.41) is 1.59. The Bertz CT molecular complexity index is 1180. The van der Waals surface area contributed by atoms with E-state index in [0.717, 1.165) is 53.4 Å². The Hall–Kier alpha value is -2.38. The van der Waals surface area contributed by atoms with E-state index in [1.807, 2.05) is 42.6 Å². The van der Waals surface area contributed by atoms with Crippen LogP contribution in [0.15, 0.2) is 47.8 Å². The SMILES string of the molecule is CC1=NC(C(=O)N2CCCC[C@H]2Cc2cn3cnc(C)c(Cl)c3n2)C(c2ccccc2)S1. The molecule has 8 heteroatoms. The van der Waals surface area contributed by atoms with Crippen LogP contribution in [0.1, 0.15) is 48.4 Å². The molecular formula is C24H26ClN5OS. The monoisotopic (exact) mass is 467 g/mol. The van der Waals surface area contributed by atoms with Crippen LogP contribution in [0.4, 0.5) is 0 Å². The molecule has 0 aliphatic carbocycles. The molecule has 1 aromatic carbocycles. The smallest absolute Gasteiger partial charge is 0.249 e. The van der Waals surface area contributed by atoms with Crippen molar-refractivity contribution in [2.24, 2.45) is 4.99 Å². The highest BCUT2D eigenvalue weighted by atomic mass is 35.5. The number of hydrogen-bond donors (Lipinski definition) is 0. The normalized spacial score (nSPS) is 23.5. The first-order valence-electron chi connectivity index (χ1n) is 11.1. The Kier molecular flexibility index (Phi) is 5.95. The molecule has 2 aliphatic heterocycles. The molecule has 2 unspecified atom stereocenters. The van der Waals surface area contributed by atoms with Crippen molar-refractivity contribution in [3.63, 3.8) is 0 Å². The summed E-state index contributed by atoms with van der Waals surface area (Å²) in [5.74, 6) is 0.132. The van der Waals surface area contributed by atoms with E-state index in [9.17, 15) is 4.79 Å². The lowest BCUT2D eigenvalue weighted by molar-refractivity contribution is -0.136. The minimum Gasteiger partial charge on any atom is -0.337 e. The van der Waals surface area contributed by atoms with E-state index in [2.05, 4.69) is 22.0 Å². The summed E-state index contributed by atoms with van der Waals surface area (Å²) in [6.07, 6.45) is 7.55. The van der Waals surface area contributed by atoms with Crippen molar-refractivity contribution in [3.05, 3.63) is 64.8 Å². The molecule has 0 N–H and O–H groups in total. The average molecular weight is 468 g/mol. The van der Waals surface area contributed by atoms with Crippen LogP contribution in [0.2, 0.25) is 5.02 Å². The van der Waals surface area contributed by atoms with E-state index >= 15 is 0 Å². The maximum Gasteiger partial charge on any atom is 0.249 e. The van der Waals surface area contributed by atoms with Gasteiger partial charge in [-0.3, -0.25) is 14.2 Å². The number of benzene rings is 1. The number of likely N-dealkylation sites (tertiary alicyclic amines) is 1. The maximum atomic E-state index is 13.7. The molecule has 4 heterocycles. The molecule has 0 radical (unpaired) electrons. The molecule has 2 aliphatic rings. The number of aromatic nitrogens is 3. The number of amides is 1. The Labute approximate surface area is 197 Å². The quantitative estimate of drug-likeness (QED) is 0.548. The Balaban J connectivity index is 1.39. The van der Waals surface area contributed by atoms with E-state index in [1.165, 1.54) is 0 Å². The number of piperidine rings is 1. The second-order valence-electron chi connectivity index (χ2n) is 8.53. The first kappa shape index (κ1) is 21.5. The second kappa shape index (κ2) is 8.87. The molecule has 0 spiro atoms. The van der Waals surface area contributed by atoms with Crippen LogP contribution in [0.25, 0.3) is 5.65 Å². The lowest BCUT2D eigenvalue weighted by atomic mass is 9.96. The van der Waals surface area contributed by atoms with Gasteiger partial charge in [-0.15, -0.1) is 11.8 Å². The zero-order valence-electron chi connectivity index (χ0n) is 18.2. The lowest BCUT2D eigenvalue weighted by Crippen LogP contribution is -2.49. The summed E-state index contributed by atoms with van der Waals surface area (Å²) >= 11 is 8.10. The third-order valence-corrected chi connectivity index (χ3v) is 7.99. The highest BCUT2D eigenvalue weighted by molar-refractivity contribution is 8.14. The van der Waals surface area contributed by atoms with E-state index in [4.69, 9.17) is 21.6 Å². The molecule has 1 fully saturated rings. The summed E-state index contributed by atoms with van der Waals surface area (Å²) in [5.41, 5.74) is 3.58. The molecule has 0 bridgehead atoms. The van der Waals surface area contributed by atoms with Gasteiger partial charge in [-0.2, -0.15) is 0 Å². The fourth-order valence-corrected chi connectivity index (χ4v) is 6.02. The molecule has 1 amide bonds. The minimum atomic E-state index is -0.370. The van der Waals surface area contributed by atoms with Crippen molar-refractivity contribution in [1.82, 2.24) is 19.3 Å². The highest BCUT2D eigenvalue weighted by Gasteiger charge is 2.40. The van der Waals surface area contributed by atoms with Crippen LogP contribution in [-0.2, 0) is 11.2 Å². The van der Waals surface area contributed by atoms with E-state index < -0.39 is 0 Å². The van der Waals surface area contributed by atoms with Gasteiger partial charge in [-0.05, 0) is 38.7 Å². The van der Waals surface area contributed by atoms with Gasteiger partial charge in [0.15, 0.2) is 5.65 Å². The zero-order chi connectivity index (χ0) is 22.2. The summed E-state index contributed by atoms with van der Waals surface area (Å²) in [7, 11) is 0. The van der Waals surface area contributed by atoms with Gasteiger partial charge in [-0.1, -0.05) is 41.9 Å². The minimum absolute atomic E-state index is 0.0364. The topological polar surface area (TPSA) is 62.9 Å².